The lowest BCUT2D eigenvalue weighted by molar-refractivity contribution is -0.384. The molecule has 0 heterocycles. The van der Waals surface area contributed by atoms with Crippen LogP contribution in [0.15, 0.2) is 42.5 Å². The van der Waals surface area contributed by atoms with E-state index in [4.69, 9.17) is 11.6 Å². The standard InChI is InChI=1S/C18H15ClN4O5/c19-14-8-5-12(9-15(14)23(27)28)18(26)22-21-17(25)11-3-6-13(7-4-11)20-16(24)10-1-2-10/h3-10H,1-2H2,(H,20,24)(H,21,25)(H,22,26). The van der Waals surface area contributed by atoms with Crippen LogP contribution in [0, 0.1) is 16.0 Å². The highest BCUT2D eigenvalue weighted by molar-refractivity contribution is 6.32. The van der Waals surface area contributed by atoms with E-state index in [1.165, 1.54) is 24.3 Å². The molecule has 10 heteroatoms. The first-order chi connectivity index (χ1) is 13.3. The van der Waals surface area contributed by atoms with E-state index < -0.39 is 22.4 Å². The zero-order chi connectivity index (χ0) is 20.3. The van der Waals surface area contributed by atoms with Crippen molar-refractivity contribution >= 4 is 40.7 Å². The predicted octanol–water partition coefficient (Wildman–Crippen LogP) is 2.67. The Morgan fingerprint density at radius 3 is 2.11 bits per heavy atom. The van der Waals surface area contributed by atoms with Gasteiger partial charge in [-0.15, -0.1) is 0 Å². The van der Waals surface area contributed by atoms with Crippen molar-refractivity contribution in [2.24, 2.45) is 5.92 Å². The minimum Gasteiger partial charge on any atom is -0.326 e. The van der Waals surface area contributed by atoms with E-state index in [0.29, 0.717) is 5.69 Å². The molecule has 0 bridgehead atoms. The number of nitrogens with one attached hydrogen (secondary N) is 3. The number of amides is 3. The summed E-state index contributed by atoms with van der Waals surface area (Å²) in [6, 6.07) is 9.70. The number of rotatable bonds is 5. The number of nitrogens with zero attached hydrogens (tertiary/aromatic N) is 1. The van der Waals surface area contributed by atoms with E-state index in [9.17, 15) is 24.5 Å². The highest BCUT2D eigenvalue weighted by Crippen LogP contribution is 2.30. The first-order valence-electron chi connectivity index (χ1n) is 8.30. The lowest BCUT2D eigenvalue weighted by Gasteiger charge is -2.09. The van der Waals surface area contributed by atoms with Gasteiger partial charge in [0.1, 0.15) is 5.02 Å². The first-order valence-corrected chi connectivity index (χ1v) is 8.68. The van der Waals surface area contributed by atoms with Gasteiger partial charge in [-0.3, -0.25) is 35.3 Å². The fourth-order valence-electron chi connectivity index (χ4n) is 2.35. The number of carbonyl (C=O) groups excluding carboxylic acids is 3. The van der Waals surface area contributed by atoms with Gasteiger partial charge >= 0.3 is 0 Å². The van der Waals surface area contributed by atoms with Crippen LogP contribution in [0.3, 0.4) is 0 Å². The Kier molecular flexibility index (Phi) is 5.55. The number of halogens is 1. The van der Waals surface area contributed by atoms with Crippen LogP contribution in [0.4, 0.5) is 11.4 Å². The van der Waals surface area contributed by atoms with Gasteiger partial charge in [0.25, 0.3) is 17.5 Å². The molecular weight excluding hydrogens is 388 g/mol. The van der Waals surface area contributed by atoms with Crippen molar-refractivity contribution in [2.45, 2.75) is 12.8 Å². The Hall–Kier alpha value is -3.46. The van der Waals surface area contributed by atoms with Crippen molar-refractivity contribution in [3.63, 3.8) is 0 Å². The van der Waals surface area contributed by atoms with E-state index in [2.05, 4.69) is 16.2 Å². The van der Waals surface area contributed by atoms with Crippen molar-refractivity contribution < 1.29 is 19.3 Å². The zero-order valence-electron chi connectivity index (χ0n) is 14.4. The van der Waals surface area contributed by atoms with Crippen LogP contribution in [0.1, 0.15) is 33.6 Å². The third kappa shape index (κ3) is 4.63. The molecule has 1 aliphatic carbocycles. The number of nitro groups is 1. The van der Waals surface area contributed by atoms with Crippen LogP contribution in [-0.4, -0.2) is 22.6 Å². The summed E-state index contributed by atoms with van der Waals surface area (Å²) >= 11 is 5.70. The van der Waals surface area contributed by atoms with E-state index in [1.54, 1.807) is 12.1 Å². The second kappa shape index (κ2) is 8.05. The SMILES string of the molecule is O=C(NNC(=O)c1ccc(Cl)c([N+](=O)[O-])c1)c1ccc(NC(=O)C2CC2)cc1. The van der Waals surface area contributed by atoms with Gasteiger partial charge in [-0.1, -0.05) is 11.6 Å². The van der Waals surface area contributed by atoms with Gasteiger partial charge < -0.3 is 5.32 Å². The van der Waals surface area contributed by atoms with E-state index in [-0.39, 0.29) is 28.0 Å². The number of hydrogen-bond acceptors (Lipinski definition) is 5. The molecule has 2 aromatic rings. The summed E-state index contributed by atoms with van der Waals surface area (Å²) in [5.41, 5.74) is 4.79. The molecule has 0 aliphatic heterocycles. The molecule has 1 aliphatic rings. The average molecular weight is 403 g/mol. The summed E-state index contributed by atoms with van der Waals surface area (Å²) in [7, 11) is 0. The molecule has 0 unspecified atom stereocenters. The Morgan fingerprint density at radius 2 is 1.54 bits per heavy atom. The van der Waals surface area contributed by atoms with Gasteiger partial charge in [0.05, 0.1) is 4.92 Å². The van der Waals surface area contributed by atoms with E-state index in [0.717, 1.165) is 18.9 Å². The smallest absolute Gasteiger partial charge is 0.288 e. The molecule has 3 N–H and O–H groups in total. The molecule has 0 aromatic heterocycles. The number of nitro benzene ring substituents is 1. The number of anilines is 1. The van der Waals surface area contributed by atoms with Crippen LogP contribution >= 0.6 is 11.6 Å². The molecule has 144 valence electrons. The molecule has 0 radical (unpaired) electrons. The van der Waals surface area contributed by atoms with Crippen LogP contribution in [0.25, 0.3) is 0 Å². The van der Waals surface area contributed by atoms with Crippen LogP contribution in [0.5, 0.6) is 0 Å². The van der Waals surface area contributed by atoms with Gasteiger partial charge in [0, 0.05) is 28.8 Å². The van der Waals surface area contributed by atoms with Gasteiger partial charge in [0.2, 0.25) is 5.91 Å². The molecule has 3 rings (SSSR count). The lowest BCUT2D eigenvalue weighted by Crippen LogP contribution is -2.41. The zero-order valence-corrected chi connectivity index (χ0v) is 15.2. The molecule has 28 heavy (non-hydrogen) atoms. The largest absolute Gasteiger partial charge is 0.326 e. The fourth-order valence-corrected chi connectivity index (χ4v) is 2.53. The third-order valence-corrected chi connectivity index (χ3v) is 4.38. The van der Waals surface area contributed by atoms with Crippen molar-refractivity contribution in [3.05, 3.63) is 68.7 Å². The normalized spacial score (nSPS) is 12.8. The van der Waals surface area contributed by atoms with Crippen molar-refractivity contribution in [1.29, 1.82) is 0 Å². The summed E-state index contributed by atoms with van der Waals surface area (Å²) in [6.45, 7) is 0. The summed E-state index contributed by atoms with van der Waals surface area (Å²) in [6.07, 6.45) is 1.78. The quantitative estimate of drug-likeness (QED) is 0.522. The van der Waals surface area contributed by atoms with Crippen LogP contribution in [0.2, 0.25) is 5.02 Å². The fraction of sp³-hybridized carbons (Fsp3) is 0.167. The summed E-state index contributed by atoms with van der Waals surface area (Å²) in [4.78, 5) is 46.1. The van der Waals surface area contributed by atoms with Crippen molar-refractivity contribution in [2.75, 3.05) is 5.32 Å². The topological polar surface area (TPSA) is 130 Å². The predicted molar refractivity (Wildman–Crippen MR) is 101 cm³/mol. The maximum Gasteiger partial charge on any atom is 0.288 e. The molecule has 1 saturated carbocycles. The first kappa shape index (κ1) is 19.3. The number of carbonyl (C=O) groups is 3. The van der Waals surface area contributed by atoms with Crippen LogP contribution < -0.4 is 16.2 Å². The van der Waals surface area contributed by atoms with E-state index >= 15 is 0 Å². The molecule has 2 aromatic carbocycles. The second-order valence-electron chi connectivity index (χ2n) is 6.17. The molecule has 1 fully saturated rings. The highest BCUT2D eigenvalue weighted by atomic mass is 35.5. The Bertz CT molecular complexity index is 957. The summed E-state index contributed by atoms with van der Waals surface area (Å²) in [5, 5.41) is 13.5. The summed E-state index contributed by atoms with van der Waals surface area (Å²) in [5.74, 6) is -1.29. The number of benzene rings is 2. The monoisotopic (exact) mass is 402 g/mol. The molecular formula is C18H15ClN4O5. The van der Waals surface area contributed by atoms with Gasteiger partial charge in [-0.05, 0) is 49.2 Å². The van der Waals surface area contributed by atoms with Gasteiger partial charge in [0.15, 0.2) is 0 Å². The second-order valence-corrected chi connectivity index (χ2v) is 6.58. The van der Waals surface area contributed by atoms with Gasteiger partial charge in [-0.2, -0.15) is 0 Å². The van der Waals surface area contributed by atoms with Crippen LogP contribution in [-0.2, 0) is 4.79 Å². The molecule has 0 spiro atoms. The highest BCUT2D eigenvalue weighted by Gasteiger charge is 2.29. The Morgan fingerprint density at radius 1 is 0.964 bits per heavy atom. The number of hydrogen-bond donors (Lipinski definition) is 3. The molecule has 3 amide bonds. The van der Waals surface area contributed by atoms with E-state index in [1.807, 2.05) is 0 Å². The molecule has 9 nitrogen and oxygen atoms in total. The maximum atomic E-state index is 12.1. The summed E-state index contributed by atoms with van der Waals surface area (Å²) < 4.78 is 0. The minimum absolute atomic E-state index is 0.0328. The maximum absolute atomic E-state index is 12.1. The molecule has 0 saturated heterocycles. The van der Waals surface area contributed by atoms with Gasteiger partial charge in [-0.25, -0.2) is 0 Å². The third-order valence-electron chi connectivity index (χ3n) is 4.06. The Labute approximate surface area is 164 Å². The lowest BCUT2D eigenvalue weighted by atomic mass is 10.2. The van der Waals surface area contributed by atoms with Crippen molar-refractivity contribution in [1.82, 2.24) is 10.9 Å². The average Bonchev–Trinajstić information content (AvgIpc) is 3.52. The number of hydrazine groups is 1. The minimum atomic E-state index is -0.735. The Balaban J connectivity index is 1.57. The molecule has 0 atom stereocenters. The van der Waals surface area contributed by atoms with Crippen molar-refractivity contribution in [3.8, 4) is 0 Å².